The minimum Gasteiger partial charge on any atom is -0.466 e. The lowest BCUT2D eigenvalue weighted by molar-refractivity contribution is -0.139. The van der Waals surface area contributed by atoms with Crippen molar-refractivity contribution >= 4 is 33.7 Å². The topological polar surface area (TPSA) is 154 Å². The molecule has 0 fully saturated rings. The normalized spacial score (nSPS) is 15.3. The van der Waals surface area contributed by atoms with Crippen molar-refractivity contribution < 1.29 is 36.8 Å². The molecule has 0 amide bonds. The van der Waals surface area contributed by atoms with Crippen LogP contribution in [0, 0.1) is 0 Å². The Morgan fingerprint density at radius 3 is 2.21 bits per heavy atom. The number of ether oxygens (including phenoxy) is 3. The van der Waals surface area contributed by atoms with Gasteiger partial charge in [0.2, 0.25) is 0 Å². The summed E-state index contributed by atoms with van der Waals surface area (Å²) in [5, 5.41) is 3.52. The average molecular weight is 569 g/mol. The number of rotatable bonds is 9. The predicted octanol–water partition coefficient (Wildman–Crippen LogP) is 3.20. The summed E-state index contributed by atoms with van der Waals surface area (Å²) in [7, 11) is -2.71. The van der Waals surface area contributed by atoms with Crippen LogP contribution in [0.4, 0.5) is 0 Å². The fraction of sp³-hybridized carbons (Fsp3) is 0.308. The number of benzene rings is 2. The molecule has 3 rings (SSSR count). The highest BCUT2D eigenvalue weighted by Crippen LogP contribution is 2.41. The molecule has 1 aliphatic rings. The molecule has 2 aromatic carbocycles. The molecular weight excluding hydrogens is 538 g/mol. The summed E-state index contributed by atoms with van der Waals surface area (Å²) in [6, 6.07) is 14.5. The number of allylic oxidation sites excluding steroid dienone is 1. The van der Waals surface area contributed by atoms with E-state index in [1.165, 1.54) is 19.2 Å². The Morgan fingerprint density at radius 2 is 1.68 bits per heavy atom. The second-order valence-electron chi connectivity index (χ2n) is 7.85. The minimum atomic E-state index is -4.00. The van der Waals surface area contributed by atoms with Gasteiger partial charge in [-0.25, -0.2) is 9.59 Å². The Balaban J connectivity index is 0.000000423. The molecule has 12 heteroatoms. The van der Waals surface area contributed by atoms with Crippen LogP contribution < -0.4 is 11.1 Å². The SMILES string of the molecule is CCOC(=O)C1=C(CO[13CH2][13CH2]N)NC(C)=C(C(=O)OC)C1c1ccccc1Cl.O=S(=O)(O)c1ccccc1. The highest BCUT2D eigenvalue weighted by Gasteiger charge is 2.39. The van der Waals surface area contributed by atoms with Gasteiger partial charge in [-0.1, -0.05) is 48.0 Å². The fourth-order valence-corrected chi connectivity index (χ4v) is 4.46. The number of dihydropyridines is 1. The van der Waals surface area contributed by atoms with Gasteiger partial charge in [-0.2, -0.15) is 8.42 Å². The third-order valence-corrected chi connectivity index (χ3v) is 6.52. The quantitative estimate of drug-likeness (QED) is 0.178. The number of halogens is 1. The van der Waals surface area contributed by atoms with Crippen molar-refractivity contribution in [3.05, 3.63) is 87.7 Å². The van der Waals surface area contributed by atoms with E-state index in [9.17, 15) is 18.0 Å². The molecular formula is C26H31ClN2O8S. The van der Waals surface area contributed by atoms with Gasteiger partial charge in [0, 0.05) is 17.3 Å². The summed E-state index contributed by atoms with van der Waals surface area (Å²) in [6.07, 6.45) is 0. The number of hydrogen-bond donors (Lipinski definition) is 3. The summed E-state index contributed by atoms with van der Waals surface area (Å²) >= 11 is 6.42. The van der Waals surface area contributed by atoms with Crippen LogP contribution in [0.25, 0.3) is 0 Å². The number of nitrogens with one attached hydrogen (secondary N) is 1. The van der Waals surface area contributed by atoms with Gasteiger partial charge in [-0.3, -0.25) is 4.55 Å². The molecule has 1 heterocycles. The van der Waals surface area contributed by atoms with Crippen LogP contribution in [0.3, 0.4) is 0 Å². The van der Waals surface area contributed by atoms with E-state index in [2.05, 4.69) is 5.32 Å². The smallest absolute Gasteiger partial charge is 0.336 e. The van der Waals surface area contributed by atoms with Crippen molar-refractivity contribution in [2.75, 3.05) is 33.5 Å². The standard InChI is InChI=1S/C20H25ClN2O5.C6H6O3S/c1-4-28-20(25)18-15(11-27-10-9-22)23-12(2)16(19(24)26-3)17(18)13-7-5-6-8-14(13)21;7-10(8,9)6-4-2-1-3-5-6/h5-8,17,23H,4,9-11,22H2,1-3H3;1-5H,(H,7,8,9)/i9+1,10+1;. The zero-order chi connectivity index (χ0) is 28.3. The first kappa shape index (κ1) is 31.0. The Bertz CT molecular complexity index is 1290. The van der Waals surface area contributed by atoms with Crippen LogP contribution in [-0.2, 0) is 33.9 Å². The summed E-state index contributed by atoms with van der Waals surface area (Å²) in [5.74, 6) is -1.86. The van der Waals surface area contributed by atoms with Crippen LogP contribution in [0.1, 0.15) is 25.3 Å². The van der Waals surface area contributed by atoms with E-state index < -0.39 is 28.0 Å². The van der Waals surface area contributed by atoms with E-state index in [0.717, 1.165) is 0 Å². The third-order valence-electron chi connectivity index (χ3n) is 5.31. The molecule has 206 valence electrons. The molecule has 0 bridgehead atoms. The molecule has 2 aromatic rings. The summed E-state index contributed by atoms with van der Waals surface area (Å²) in [6.45, 7) is 4.42. The third kappa shape index (κ3) is 8.14. The van der Waals surface area contributed by atoms with E-state index in [-0.39, 0.29) is 23.7 Å². The molecule has 1 unspecified atom stereocenters. The Morgan fingerprint density at radius 1 is 1.05 bits per heavy atom. The van der Waals surface area contributed by atoms with Crippen LogP contribution in [-0.4, -0.2) is 58.4 Å². The Labute approximate surface area is 227 Å². The number of esters is 2. The predicted molar refractivity (Wildman–Crippen MR) is 142 cm³/mol. The van der Waals surface area contributed by atoms with Crippen molar-refractivity contribution in [2.24, 2.45) is 5.73 Å². The van der Waals surface area contributed by atoms with Gasteiger partial charge in [0.1, 0.15) is 0 Å². The zero-order valence-electron chi connectivity index (χ0n) is 21.3. The number of carbonyl (C=O) groups is 2. The summed E-state index contributed by atoms with van der Waals surface area (Å²) < 4.78 is 45.0. The summed E-state index contributed by atoms with van der Waals surface area (Å²) in [4.78, 5) is 25.4. The van der Waals surface area contributed by atoms with Gasteiger partial charge in [0.05, 0.1) is 54.6 Å². The highest BCUT2D eigenvalue weighted by molar-refractivity contribution is 7.85. The monoisotopic (exact) mass is 568 g/mol. The lowest BCUT2D eigenvalue weighted by Gasteiger charge is -2.31. The maximum atomic E-state index is 12.9. The minimum absolute atomic E-state index is 0.0741. The number of methoxy groups -OCH3 is 1. The van der Waals surface area contributed by atoms with Crippen LogP contribution in [0.2, 0.25) is 5.02 Å². The van der Waals surface area contributed by atoms with Gasteiger partial charge >= 0.3 is 11.9 Å². The molecule has 1 atom stereocenters. The summed E-state index contributed by atoms with van der Waals surface area (Å²) in [5.41, 5.74) is 7.70. The molecule has 0 saturated heterocycles. The first-order chi connectivity index (χ1) is 18.1. The molecule has 0 radical (unpaired) electrons. The number of carbonyl (C=O) groups excluding carboxylic acids is 2. The van der Waals surface area contributed by atoms with Gasteiger partial charge in [-0.15, -0.1) is 0 Å². The lowest BCUT2D eigenvalue weighted by atomic mass is 9.80. The molecule has 0 aliphatic carbocycles. The average Bonchev–Trinajstić information content (AvgIpc) is 2.89. The Kier molecular flexibility index (Phi) is 11.9. The molecule has 0 saturated carbocycles. The molecule has 1 aliphatic heterocycles. The van der Waals surface area contributed by atoms with Crippen LogP contribution in [0.5, 0.6) is 0 Å². The van der Waals surface area contributed by atoms with Crippen molar-refractivity contribution in [3.8, 4) is 0 Å². The molecule has 38 heavy (non-hydrogen) atoms. The van der Waals surface area contributed by atoms with Crippen molar-refractivity contribution in [2.45, 2.75) is 24.7 Å². The van der Waals surface area contributed by atoms with Gasteiger partial charge in [-0.05, 0) is 37.6 Å². The van der Waals surface area contributed by atoms with E-state index >= 15 is 0 Å². The van der Waals surface area contributed by atoms with Crippen LogP contribution >= 0.6 is 11.6 Å². The van der Waals surface area contributed by atoms with Crippen molar-refractivity contribution in [3.63, 3.8) is 0 Å². The van der Waals surface area contributed by atoms with Gasteiger partial charge in [0.25, 0.3) is 10.1 Å². The van der Waals surface area contributed by atoms with Gasteiger partial charge in [0.15, 0.2) is 0 Å². The van der Waals surface area contributed by atoms with E-state index in [0.29, 0.717) is 40.7 Å². The molecule has 0 aromatic heterocycles. The van der Waals surface area contributed by atoms with Crippen molar-refractivity contribution in [1.82, 2.24) is 5.32 Å². The zero-order valence-corrected chi connectivity index (χ0v) is 22.8. The highest BCUT2D eigenvalue weighted by atomic mass is 35.5. The van der Waals surface area contributed by atoms with Crippen molar-refractivity contribution in [1.29, 1.82) is 0 Å². The van der Waals surface area contributed by atoms with E-state index in [1.54, 1.807) is 56.3 Å². The van der Waals surface area contributed by atoms with Crippen LogP contribution in [0.15, 0.2) is 82.0 Å². The van der Waals surface area contributed by atoms with E-state index in [1.807, 2.05) is 0 Å². The second-order valence-corrected chi connectivity index (χ2v) is 9.68. The fourth-order valence-electron chi connectivity index (χ4n) is 3.71. The van der Waals surface area contributed by atoms with Gasteiger partial charge < -0.3 is 25.3 Å². The maximum Gasteiger partial charge on any atom is 0.336 e. The molecule has 4 N–H and O–H groups in total. The molecule has 0 spiro atoms. The molecule has 10 nitrogen and oxygen atoms in total. The lowest BCUT2D eigenvalue weighted by Crippen LogP contribution is -2.35. The first-order valence-electron chi connectivity index (χ1n) is 11.6. The van der Waals surface area contributed by atoms with E-state index in [4.69, 9.17) is 36.1 Å². The largest absolute Gasteiger partial charge is 0.466 e. The maximum absolute atomic E-state index is 12.9. The second kappa shape index (κ2) is 14.6. The number of nitrogens with two attached hydrogens (primary N) is 1. The Hall–Kier alpha value is -3.22. The number of hydrogen-bond acceptors (Lipinski definition) is 9. The first-order valence-corrected chi connectivity index (χ1v) is 13.4.